The lowest BCUT2D eigenvalue weighted by Gasteiger charge is -1.94. The number of furan rings is 1. The van der Waals surface area contributed by atoms with Crippen LogP contribution in [0.5, 0.6) is 0 Å². The van der Waals surface area contributed by atoms with Crippen LogP contribution in [0.4, 0.5) is 0 Å². The van der Waals surface area contributed by atoms with Gasteiger partial charge in [-0.15, -0.1) is 11.3 Å². The standard InChI is InChI=1S/C18H12O2S/c1-11-13-7-3-4-8-14(13)20-18(11)17(19)16-10-12-6-2-5-9-15(12)21-16/h2-10H,1H3. The minimum atomic E-state index is -0.0371. The molecule has 2 nitrogen and oxygen atoms in total. The molecule has 0 saturated heterocycles. The van der Waals surface area contributed by atoms with Crippen LogP contribution in [-0.4, -0.2) is 5.78 Å². The molecule has 0 atom stereocenters. The average Bonchev–Trinajstić information content (AvgIpc) is 3.08. The molecule has 0 N–H and O–H groups in total. The number of carbonyl (C=O) groups is 1. The first kappa shape index (κ1) is 12.4. The summed E-state index contributed by atoms with van der Waals surface area (Å²) < 4.78 is 6.89. The molecule has 2 heterocycles. The maximum Gasteiger partial charge on any atom is 0.238 e. The van der Waals surface area contributed by atoms with E-state index in [1.165, 1.54) is 11.3 Å². The summed E-state index contributed by atoms with van der Waals surface area (Å²) in [5.74, 6) is 0.410. The Balaban J connectivity index is 1.87. The highest BCUT2D eigenvalue weighted by molar-refractivity contribution is 7.21. The Morgan fingerprint density at radius 3 is 2.62 bits per heavy atom. The Kier molecular flexibility index (Phi) is 2.69. The molecule has 4 aromatic rings. The monoisotopic (exact) mass is 292 g/mol. The molecule has 0 aliphatic rings. The van der Waals surface area contributed by atoms with Gasteiger partial charge in [0.25, 0.3) is 0 Å². The van der Waals surface area contributed by atoms with Gasteiger partial charge in [-0.25, -0.2) is 0 Å². The molecular weight excluding hydrogens is 280 g/mol. The zero-order chi connectivity index (χ0) is 14.4. The molecule has 0 spiro atoms. The number of ketones is 1. The van der Waals surface area contributed by atoms with E-state index in [2.05, 4.69) is 0 Å². The second kappa shape index (κ2) is 4.57. The molecule has 21 heavy (non-hydrogen) atoms. The van der Waals surface area contributed by atoms with Crippen molar-refractivity contribution >= 4 is 38.2 Å². The molecule has 0 bridgehead atoms. The first-order valence-corrected chi connectivity index (χ1v) is 7.57. The molecule has 2 aromatic carbocycles. The van der Waals surface area contributed by atoms with Gasteiger partial charge in [0, 0.05) is 15.6 Å². The molecule has 0 unspecified atom stereocenters. The van der Waals surface area contributed by atoms with Gasteiger partial charge in [0.1, 0.15) is 5.58 Å². The van der Waals surface area contributed by atoms with Crippen LogP contribution in [0.3, 0.4) is 0 Å². The summed E-state index contributed by atoms with van der Waals surface area (Å²) in [6, 6.07) is 17.7. The van der Waals surface area contributed by atoms with Crippen LogP contribution in [0.1, 0.15) is 21.0 Å². The van der Waals surface area contributed by atoms with Crippen molar-refractivity contribution in [2.75, 3.05) is 0 Å². The Bertz CT molecular complexity index is 942. The van der Waals surface area contributed by atoms with Crippen molar-refractivity contribution in [1.82, 2.24) is 0 Å². The van der Waals surface area contributed by atoms with E-state index in [1.807, 2.05) is 61.5 Å². The topological polar surface area (TPSA) is 30.2 Å². The fourth-order valence-corrected chi connectivity index (χ4v) is 3.60. The van der Waals surface area contributed by atoms with Gasteiger partial charge in [-0.05, 0) is 30.5 Å². The number of thiophene rings is 1. The summed E-state index contributed by atoms with van der Waals surface area (Å²) in [6.07, 6.45) is 0. The van der Waals surface area contributed by atoms with Crippen LogP contribution in [0, 0.1) is 6.92 Å². The van der Waals surface area contributed by atoms with Crippen LogP contribution in [-0.2, 0) is 0 Å². The Hall–Kier alpha value is -2.39. The van der Waals surface area contributed by atoms with Crippen LogP contribution in [0.25, 0.3) is 21.1 Å². The summed E-state index contributed by atoms with van der Waals surface area (Å²) in [4.78, 5) is 13.4. The third kappa shape index (κ3) is 1.89. The third-order valence-corrected chi connectivity index (χ3v) is 4.81. The van der Waals surface area contributed by atoms with E-state index in [-0.39, 0.29) is 5.78 Å². The van der Waals surface area contributed by atoms with E-state index >= 15 is 0 Å². The molecule has 0 amide bonds. The summed E-state index contributed by atoms with van der Waals surface area (Å²) in [5.41, 5.74) is 1.67. The van der Waals surface area contributed by atoms with Crippen LogP contribution in [0.15, 0.2) is 59.0 Å². The largest absolute Gasteiger partial charge is 0.452 e. The smallest absolute Gasteiger partial charge is 0.238 e. The van der Waals surface area contributed by atoms with Crippen LogP contribution >= 0.6 is 11.3 Å². The first-order chi connectivity index (χ1) is 10.2. The summed E-state index contributed by atoms with van der Waals surface area (Å²) in [6.45, 7) is 1.94. The van der Waals surface area contributed by atoms with Crippen LogP contribution in [0.2, 0.25) is 0 Å². The quantitative estimate of drug-likeness (QED) is 0.476. The van der Waals surface area contributed by atoms with Gasteiger partial charge in [0.2, 0.25) is 5.78 Å². The van der Waals surface area contributed by atoms with Crippen molar-refractivity contribution in [3.8, 4) is 0 Å². The highest BCUT2D eigenvalue weighted by Gasteiger charge is 2.20. The fraction of sp³-hybridized carbons (Fsp3) is 0.0556. The van der Waals surface area contributed by atoms with Crippen molar-refractivity contribution in [3.63, 3.8) is 0 Å². The fourth-order valence-electron chi connectivity index (χ4n) is 2.60. The van der Waals surface area contributed by atoms with Crippen molar-refractivity contribution in [2.24, 2.45) is 0 Å². The van der Waals surface area contributed by atoms with E-state index in [0.29, 0.717) is 5.76 Å². The third-order valence-electron chi connectivity index (χ3n) is 3.70. The van der Waals surface area contributed by atoms with Gasteiger partial charge >= 0.3 is 0 Å². The number of rotatable bonds is 2. The number of hydrogen-bond acceptors (Lipinski definition) is 3. The zero-order valence-electron chi connectivity index (χ0n) is 11.4. The minimum Gasteiger partial charge on any atom is -0.452 e. The molecular formula is C18H12O2S. The van der Waals surface area contributed by atoms with Gasteiger partial charge in [0.05, 0.1) is 4.88 Å². The van der Waals surface area contributed by atoms with Gasteiger partial charge in [-0.3, -0.25) is 4.79 Å². The molecule has 0 saturated carbocycles. The SMILES string of the molecule is Cc1c(C(=O)c2cc3ccccc3s2)oc2ccccc12. The summed E-state index contributed by atoms with van der Waals surface area (Å²) in [5, 5.41) is 2.10. The lowest BCUT2D eigenvalue weighted by molar-refractivity contribution is 0.101. The van der Waals surface area contributed by atoms with Gasteiger partial charge in [0.15, 0.2) is 5.76 Å². The lowest BCUT2D eigenvalue weighted by atomic mass is 10.1. The normalized spacial score (nSPS) is 11.3. The van der Waals surface area contributed by atoms with E-state index in [0.717, 1.165) is 31.5 Å². The van der Waals surface area contributed by atoms with E-state index in [9.17, 15) is 4.79 Å². The number of aryl methyl sites for hydroxylation is 1. The van der Waals surface area contributed by atoms with E-state index < -0.39 is 0 Å². The van der Waals surface area contributed by atoms with Gasteiger partial charge in [-0.1, -0.05) is 36.4 Å². The predicted octanol–water partition coefficient (Wildman–Crippen LogP) is 5.19. The van der Waals surface area contributed by atoms with Crippen molar-refractivity contribution in [1.29, 1.82) is 0 Å². The van der Waals surface area contributed by atoms with E-state index in [4.69, 9.17) is 4.42 Å². The number of carbonyl (C=O) groups excluding carboxylic acids is 1. The minimum absolute atomic E-state index is 0.0371. The lowest BCUT2D eigenvalue weighted by Crippen LogP contribution is -1.98. The highest BCUT2D eigenvalue weighted by atomic mass is 32.1. The molecule has 4 rings (SSSR count). The number of benzene rings is 2. The van der Waals surface area contributed by atoms with Crippen molar-refractivity contribution in [2.45, 2.75) is 6.92 Å². The number of hydrogen-bond donors (Lipinski definition) is 0. The maximum atomic E-state index is 12.7. The average molecular weight is 292 g/mol. The number of para-hydroxylation sites is 1. The molecule has 0 radical (unpaired) electrons. The van der Waals surface area contributed by atoms with E-state index in [1.54, 1.807) is 0 Å². The first-order valence-electron chi connectivity index (χ1n) is 6.75. The summed E-state index contributed by atoms with van der Waals surface area (Å²) in [7, 11) is 0. The molecule has 2 aromatic heterocycles. The predicted molar refractivity (Wildman–Crippen MR) is 86.2 cm³/mol. The Labute approximate surface area is 125 Å². The van der Waals surface area contributed by atoms with Gasteiger partial charge < -0.3 is 4.42 Å². The Morgan fingerprint density at radius 2 is 1.81 bits per heavy atom. The van der Waals surface area contributed by atoms with Crippen molar-refractivity contribution in [3.05, 3.63) is 70.8 Å². The molecule has 0 aliphatic carbocycles. The molecule has 0 aliphatic heterocycles. The second-order valence-electron chi connectivity index (χ2n) is 5.03. The second-order valence-corrected chi connectivity index (χ2v) is 6.11. The maximum absolute atomic E-state index is 12.7. The van der Waals surface area contributed by atoms with Crippen molar-refractivity contribution < 1.29 is 9.21 Å². The van der Waals surface area contributed by atoms with Crippen LogP contribution < -0.4 is 0 Å². The summed E-state index contributed by atoms with van der Waals surface area (Å²) >= 11 is 1.51. The van der Waals surface area contributed by atoms with Gasteiger partial charge in [-0.2, -0.15) is 0 Å². The molecule has 3 heteroatoms. The zero-order valence-corrected chi connectivity index (χ0v) is 12.2. The number of fused-ring (bicyclic) bond motifs is 2. The highest BCUT2D eigenvalue weighted by Crippen LogP contribution is 2.31. The molecule has 0 fully saturated rings. The Morgan fingerprint density at radius 1 is 1.05 bits per heavy atom. The molecule has 102 valence electrons.